The first kappa shape index (κ1) is 21.8. The Labute approximate surface area is 191 Å². The van der Waals surface area contributed by atoms with Crippen molar-refractivity contribution in [1.82, 2.24) is 0 Å². The molecule has 0 aliphatic carbocycles. The summed E-state index contributed by atoms with van der Waals surface area (Å²) < 4.78 is 22.2. The van der Waals surface area contributed by atoms with Crippen molar-refractivity contribution < 1.29 is 23.7 Å². The minimum Gasteiger partial charge on any atom is -0.496 e. The van der Waals surface area contributed by atoms with E-state index in [1.165, 1.54) is 0 Å². The Balaban J connectivity index is 1.68. The molecule has 166 valence electrons. The van der Waals surface area contributed by atoms with E-state index in [4.69, 9.17) is 24.7 Å². The molecule has 4 rings (SSSR count). The Morgan fingerprint density at radius 1 is 1.06 bits per heavy atom. The summed E-state index contributed by atoms with van der Waals surface area (Å²) in [6, 6.07) is 21.3. The van der Waals surface area contributed by atoms with Gasteiger partial charge in [-0.15, -0.1) is 0 Å². The normalized spacial score (nSPS) is 14.5. The molecular formula is C26H22N2O5. The number of nitrogens with two attached hydrogens (primary N) is 1. The molecule has 1 aliphatic heterocycles. The van der Waals surface area contributed by atoms with Gasteiger partial charge >= 0.3 is 5.97 Å². The summed E-state index contributed by atoms with van der Waals surface area (Å²) >= 11 is 0. The molecule has 1 unspecified atom stereocenters. The number of carbonyl (C=O) groups is 1. The molecule has 1 heterocycles. The maximum Gasteiger partial charge on any atom is 0.343 e. The lowest BCUT2D eigenvalue weighted by molar-refractivity contribution is 0.0734. The van der Waals surface area contributed by atoms with E-state index in [2.05, 4.69) is 6.07 Å². The van der Waals surface area contributed by atoms with Crippen LogP contribution in [0.25, 0.3) is 0 Å². The van der Waals surface area contributed by atoms with Gasteiger partial charge < -0.3 is 24.7 Å². The molecule has 7 heteroatoms. The molecule has 0 spiro atoms. The van der Waals surface area contributed by atoms with Crippen LogP contribution in [-0.2, 0) is 0 Å². The number of hydrogen-bond acceptors (Lipinski definition) is 7. The second-order valence-corrected chi connectivity index (χ2v) is 7.22. The van der Waals surface area contributed by atoms with Crippen LogP contribution in [0.4, 0.5) is 0 Å². The van der Waals surface area contributed by atoms with E-state index in [9.17, 15) is 10.1 Å². The second kappa shape index (κ2) is 9.37. The van der Waals surface area contributed by atoms with Crippen LogP contribution in [0, 0.1) is 11.3 Å². The van der Waals surface area contributed by atoms with Crippen molar-refractivity contribution in [3.8, 4) is 29.1 Å². The highest BCUT2D eigenvalue weighted by Crippen LogP contribution is 2.45. The zero-order valence-electron chi connectivity index (χ0n) is 18.2. The molecule has 0 aromatic heterocycles. The fraction of sp³-hybridized carbons (Fsp3) is 0.154. The van der Waals surface area contributed by atoms with Crippen LogP contribution < -0.4 is 24.7 Å². The number of fused-ring (bicyclic) bond motifs is 1. The van der Waals surface area contributed by atoms with Gasteiger partial charge in [0.1, 0.15) is 34.6 Å². The average molecular weight is 442 g/mol. The maximum atomic E-state index is 12.7. The van der Waals surface area contributed by atoms with Gasteiger partial charge in [0, 0.05) is 17.2 Å². The van der Waals surface area contributed by atoms with Crippen molar-refractivity contribution >= 4 is 5.97 Å². The number of nitrogens with zero attached hydrogens (tertiary/aromatic N) is 1. The predicted octanol–water partition coefficient (Wildman–Crippen LogP) is 4.53. The van der Waals surface area contributed by atoms with Crippen molar-refractivity contribution in [3.05, 3.63) is 94.9 Å². The molecule has 1 aliphatic rings. The summed E-state index contributed by atoms with van der Waals surface area (Å²) in [6.45, 7) is 2.36. The third-order valence-electron chi connectivity index (χ3n) is 5.23. The van der Waals surface area contributed by atoms with E-state index in [1.54, 1.807) is 49.6 Å². The number of methoxy groups -OCH3 is 1. The van der Waals surface area contributed by atoms with Crippen molar-refractivity contribution in [2.24, 2.45) is 5.73 Å². The van der Waals surface area contributed by atoms with Crippen LogP contribution in [0.15, 0.2) is 78.2 Å². The Kier molecular flexibility index (Phi) is 6.18. The summed E-state index contributed by atoms with van der Waals surface area (Å²) in [6.07, 6.45) is 0. The van der Waals surface area contributed by atoms with E-state index < -0.39 is 11.9 Å². The zero-order valence-corrected chi connectivity index (χ0v) is 18.2. The highest BCUT2D eigenvalue weighted by Gasteiger charge is 2.32. The van der Waals surface area contributed by atoms with Crippen molar-refractivity contribution in [2.75, 3.05) is 13.7 Å². The number of esters is 1. The van der Waals surface area contributed by atoms with Gasteiger partial charge in [-0.05, 0) is 37.3 Å². The van der Waals surface area contributed by atoms with Gasteiger partial charge in [0.15, 0.2) is 0 Å². The molecule has 0 saturated heterocycles. The minimum absolute atomic E-state index is 0.00574. The molecule has 0 fully saturated rings. The summed E-state index contributed by atoms with van der Waals surface area (Å²) in [5, 5.41) is 9.75. The molecule has 0 saturated carbocycles. The largest absolute Gasteiger partial charge is 0.496 e. The number of benzene rings is 3. The van der Waals surface area contributed by atoms with Gasteiger partial charge in [-0.2, -0.15) is 5.26 Å². The summed E-state index contributed by atoms with van der Waals surface area (Å²) in [7, 11) is 1.57. The molecule has 0 radical (unpaired) electrons. The van der Waals surface area contributed by atoms with Crippen LogP contribution in [0.3, 0.4) is 0 Å². The van der Waals surface area contributed by atoms with Crippen LogP contribution in [0.2, 0.25) is 0 Å². The molecule has 0 bridgehead atoms. The highest BCUT2D eigenvalue weighted by atomic mass is 16.5. The van der Waals surface area contributed by atoms with Crippen LogP contribution in [0.1, 0.15) is 34.3 Å². The molecule has 0 amide bonds. The molecule has 33 heavy (non-hydrogen) atoms. The first-order valence-corrected chi connectivity index (χ1v) is 10.3. The summed E-state index contributed by atoms with van der Waals surface area (Å²) in [4.78, 5) is 12.7. The number of para-hydroxylation sites is 1. The standard InChI is InChI=1S/C26H22N2O5/c1-3-31-17-8-6-7-16(13-17)26(29)32-18-11-12-20-23(14-18)33-25(28)21(15-27)24(20)19-9-4-5-10-22(19)30-2/h4-14,24H,3,28H2,1-2H3. The van der Waals surface area contributed by atoms with Crippen LogP contribution in [0.5, 0.6) is 23.0 Å². The van der Waals surface area contributed by atoms with Crippen molar-refractivity contribution in [2.45, 2.75) is 12.8 Å². The molecule has 3 aromatic carbocycles. The SMILES string of the molecule is CCOc1cccc(C(=O)Oc2ccc3c(c2)OC(N)=C(C#N)C3c2ccccc2OC)c1. The third kappa shape index (κ3) is 4.32. The second-order valence-electron chi connectivity index (χ2n) is 7.22. The zero-order chi connectivity index (χ0) is 23.4. The number of hydrogen-bond donors (Lipinski definition) is 1. The Bertz CT molecular complexity index is 1280. The van der Waals surface area contributed by atoms with Crippen LogP contribution >= 0.6 is 0 Å². The smallest absolute Gasteiger partial charge is 0.343 e. The topological polar surface area (TPSA) is 104 Å². The lowest BCUT2D eigenvalue weighted by Crippen LogP contribution is -2.21. The van der Waals surface area contributed by atoms with Gasteiger partial charge in [-0.3, -0.25) is 0 Å². The molecule has 1 atom stereocenters. The van der Waals surface area contributed by atoms with Gasteiger partial charge in [0.2, 0.25) is 5.88 Å². The molecule has 2 N–H and O–H groups in total. The summed E-state index contributed by atoms with van der Waals surface area (Å²) in [5.41, 5.74) is 8.22. The number of rotatable bonds is 6. The average Bonchev–Trinajstić information content (AvgIpc) is 2.83. The predicted molar refractivity (Wildman–Crippen MR) is 121 cm³/mol. The first-order valence-electron chi connectivity index (χ1n) is 10.3. The Morgan fingerprint density at radius 2 is 1.88 bits per heavy atom. The van der Waals surface area contributed by atoms with E-state index >= 15 is 0 Å². The fourth-order valence-electron chi connectivity index (χ4n) is 3.77. The van der Waals surface area contributed by atoms with Gasteiger partial charge in [-0.25, -0.2) is 4.79 Å². The number of carbonyl (C=O) groups excluding carboxylic acids is 1. The summed E-state index contributed by atoms with van der Waals surface area (Å²) in [5.74, 6) is 0.873. The first-order chi connectivity index (χ1) is 16.0. The molecule has 3 aromatic rings. The fourth-order valence-corrected chi connectivity index (χ4v) is 3.77. The number of ether oxygens (including phenoxy) is 4. The third-order valence-corrected chi connectivity index (χ3v) is 5.23. The van der Waals surface area contributed by atoms with E-state index in [-0.39, 0.29) is 17.2 Å². The van der Waals surface area contributed by atoms with E-state index in [0.29, 0.717) is 35.0 Å². The van der Waals surface area contributed by atoms with Gasteiger partial charge in [0.05, 0.1) is 25.2 Å². The monoisotopic (exact) mass is 442 g/mol. The number of nitriles is 1. The Hall–Kier alpha value is -4.44. The maximum absolute atomic E-state index is 12.7. The molecule has 7 nitrogen and oxygen atoms in total. The lowest BCUT2D eigenvalue weighted by Gasteiger charge is -2.27. The van der Waals surface area contributed by atoms with Crippen LogP contribution in [-0.4, -0.2) is 19.7 Å². The van der Waals surface area contributed by atoms with E-state index in [1.807, 2.05) is 31.2 Å². The number of allylic oxidation sites excluding steroid dienone is 1. The van der Waals surface area contributed by atoms with Crippen molar-refractivity contribution in [1.29, 1.82) is 5.26 Å². The highest BCUT2D eigenvalue weighted by molar-refractivity contribution is 5.91. The molecular weight excluding hydrogens is 420 g/mol. The van der Waals surface area contributed by atoms with Crippen molar-refractivity contribution in [3.63, 3.8) is 0 Å². The quantitative estimate of drug-likeness (QED) is 0.442. The Morgan fingerprint density at radius 3 is 2.64 bits per heavy atom. The van der Waals surface area contributed by atoms with E-state index in [0.717, 1.165) is 5.56 Å². The van der Waals surface area contributed by atoms with Gasteiger partial charge in [-0.1, -0.05) is 30.3 Å². The van der Waals surface area contributed by atoms with Gasteiger partial charge in [0.25, 0.3) is 0 Å². The lowest BCUT2D eigenvalue weighted by atomic mass is 9.83. The minimum atomic E-state index is -0.533.